The van der Waals surface area contributed by atoms with Gasteiger partial charge in [0.2, 0.25) is 0 Å². The van der Waals surface area contributed by atoms with Crippen LogP contribution >= 0.6 is 0 Å². The highest BCUT2D eigenvalue weighted by atomic mass is 16.5. The summed E-state index contributed by atoms with van der Waals surface area (Å²) in [6.07, 6.45) is 0. The molecule has 0 spiro atoms. The number of ether oxygens (including phenoxy) is 1. The van der Waals surface area contributed by atoms with E-state index in [0.717, 1.165) is 11.3 Å². The SMILES string of the molecule is C=C(OCC)c1ccc(NC(=O)c2ccc(C(C)(C)C)cc2)cc1. The minimum absolute atomic E-state index is 0.0772. The van der Waals surface area contributed by atoms with Gasteiger partial charge >= 0.3 is 0 Å². The summed E-state index contributed by atoms with van der Waals surface area (Å²) in [6.45, 7) is 12.8. The lowest BCUT2D eigenvalue weighted by molar-refractivity contribution is 0.102. The second kappa shape index (κ2) is 7.35. The van der Waals surface area contributed by atoms with Crippen molar-refractivity contribution in [2.24, 2.45) is 0 Å². The molecule has 126 valence electrons. The van der Waals surface area contributed by atoms with Crippen LogP contribution in [0.4, 0.5) is 5.69 Å². The van der Waals surface area contributed by atoms with E-state index in [2.05, 4.69) is 32.7 Å². The largest absolute Gasteiger partial charge is 0.494 e. The van der Waals surface area contributed by atoms with Crippen molar-refractivity contribution in [3.8, 4) is 0 Å². The van der Waals surface area contributed by atoms with Gasteiger partial charge in [-0.25, -0.2) is 0 Å². The fraction of sp³-hybridized carbons (Fsp3) is 0.286. The van der Waals surface area contributed by atoms with Crippen molar-refractivity contribution in [1.82, 2.24) is 0 Å². The molecule has 0 saturated heterocycles. The molecule has 2 rings (SSSR count). The molecule has 0 fully saturated rings. The van der Waals surface area contributed by atoms with Gasteiger partial charge < -0.3 is 10.1 Å². The minimum Gasteiger partial charge on any atom is -0.494 e. The second-order valence-electron chi connectivity index (χ2n) is 6.72. The molecule has 0 aliphatic rings. The van der Waals surface area contributed by atoms with Gasteiger partial charge in [0, 0.05) is 16.8 Å². The predicted molar refractivity (Wildman–Crippen MR) is 100 cm³/mol. The Bertz CT molecular complexity index is 707. The van der Waals surface area contributed by atoms with Gasteiger partial charge in [-0.15, -0.1) is 0 Å². The summed E-state index contributed by atoms with van der Waals surface area (Å²) in [7, 11) is 0. The first-order chi connectivity index (χ1) is 11.3. The Morgan fingerprint density at radius 1 is 1.00 bits per heavy atom. The smallest absolute Gasteiger partial charge is 0.255 e. The maximum atomic E-state index is 12.3. The van der Waals surface area contributed by atoms with Crippen LogP contribution in [-0.4, -0.2) is 12.5 Å². The molecule has 3 heteroatoms. The molecule has 0 heterocycles. The average Bonchev–Trinajstić information content (AvgIpc) is 2.55. The summed E-state index contributed by atoms with van der Waals surface area (Å²) in [6, 6.07) is 15.2. The zero-order chi connectivity index (χ0) is 17.7. The minimum atomic E-state index is -0.119. The highest BCUT2D eigenvalue weighted by molar-refractivity contribution is 6.04. The lowest BCUT2D eigenvalue weighted by atomic mass is 9.87. The average molecular weight is 323 g/mol. The molecule has 0 saturated carbocycles. The van der Waals surface area contributed by atoms with E-state index in [9.17, 15) is 4.79 Å². The quantitative estimate of drug-likeness (QED) is 0.764. The molecule has 0 aliphatic carbocycles. The van der Waals surface area contributed by atoms with E-state index in [1.807, 2.05) is 55.5 Å². The van der Waals surface area contributed by atoms with Crippen LogP contribution in [0.1, 0.15) is 49.2 Å². The molecule has 3 nitrogen and oxygen atoms in total. The molecule has 24 heavy (non-hydrogen) atoms. The molecule has 2 aromatic carbocycles. The third kappa shape index (κ3) is 4.48. The Labute approximate surface area is 144 Å². The van der Waals surface area contributed by atoms with Crippen molar-refractivity contribution in [1.29, 1.82) is 0 Å². The van der Waals surface area contributed by atoms with E-state index in [0.29, 0.717) is 17.9 Å². The number of hydrogen-bond donors (Lipinski definition) is 1. The third-order valence-electron chi connectivity index (χ3n) is 3.80. The lowest BCUT2D eigenvalue weighted by Gasteiger charge is -2.19. The Morgan fingerprint density at radius 2 is 1.54 bits per heavy atom. The second-order valence-corrected chi connectivity index (χ2v) is 6.72. The number of rotatable bonds is 5. The number of amides is 1. The molecule has 0 bridgehead atoms. The summed E-state index contributed by atoms with van der Waals surface area (Å²) in [5.74, 6) is 0.514. The van der Waals surface area contributed by atoms with E-state index >= 15 is 0 Å². The third-order valence-corrected chi connectivity index (χ3v) is 3.80. The molecule has 0 atom stereocenters. The molecule has 2 aromatic rings. The summed E-state index contributed by atoms with van der Waals surface area (Å²) < 4.78 is 5.37. The van der Waals surface area contributed by atoms with Gasteiger partial charge in [-0.05, 0) is 54.3 Å². The highest BCUT2D eigenvalue weighted by Crippen LogP contribution is 2.23. The van der Waals surface area contributed by atoms with E-state index in [4.69, 9.17) is 4.74 Å². The first-order valence-electron chi connectivity index (χ1n) is 8.15. The van der Waals surface area contributed by atoms with Crippen LogP contribution in [0.15, 0.2) is 55.1 Å². The number of carbonyl (C=O) groups is 1. The van der Waals surface area contributed by atoms with Crippen molar-refractivity contribution in [3.05, 3.63) is 71.8 Å². The summed E-state index contributed by atoms with van der Waals surface area (Å²) >= 11 is 0. The first-order valence-corrected chi connectivity index (χ1v) is 8.15. The van der Waals surface area contributed by atoms with Crippen molar-refractivity contribution in [2.45, 2.75) is 33.1 Å². The Morgan fingerprint density at radius 3 is 2.04 bits per heavy atom. The van der Waals surface area contributed by atoms with Gasteiger partial charge in [-0.1, -0.05) is 39.5 Å². The van der Waals surface area contributed by atoms with Gasteiger partial charge in [0.15, 0.2) is 0 Å². The van der Waals surface area contributed by atoms with Crippen molar-refractivity contribution in [2.75, 3.05) is 11.9 Å². The van der Waals surface area contributed by atoms with Crippen LogP contribution in [0, 0.1) is 0 Å². The van der Waals surface area contributed by atoms with Crippen molar-refractivity contribution >= 4 is 17.4 Å². The number of carbonyl (C=O) groups excluding carboxylic acids is 1. The van der Waals surface area contributed by atoms with Crippen molar-refractivity contribution in [3.63, 3.8) is 0 Å². The van der Waals surface area contributed by atoms with Crippen LogP contribution in [0.3, 0.4) is 0 Å². The molecule has 0 unspecified atom stereocenters. The molecular weight excluding hydrogens is 298 g/mol. The van der Waals surface area contributed by atoms with Crippen LogP contribution < -0.4 is 5.32 Å². The van der Waals surface area contributed by atoms with Crippen molar-refractivity contribution < 1.29 is 9.53 Å². The number of anilines is 1. The first kappa shape index (κ1) is 17.8. The molecule has 0 radical (unpaired) electrons. The van der Waals surface area contributed by atoms with Crippen LogP contribution in [0.5, 0.6) is 0 Å². The van der Waals surface area contributed by atoms with E-state index in [1.54, 1.807) is 0 Å². The number of benzene rings is 2. The normalized spacial score (nSPS) is 11.0. The van der Waals surface area contributed by atoms with E-state index in [1.165, 1.54) is 5.56 Å². The monoisotopic (exact) mass is 323 g/mol. The Balaban J connectivity index is 2.05. The van der Waals surface area contributed by atoms with Crippen LogP contribution in [-0.2, 0) is 10.2 Å². The molecule has 0 aromatic heterocycles. The summed E-state index contributed by atoms with van der Waals surface area (Å²) in [4.78, 5) is 12.3. The maximum Gasteiger partial charge on any atom is 0.255 e. The Kier molecular flexibility index (Phi) is 5.45. The molecule has 1 amide bonds. The fourth-order valence-electron chi connectivity index (χ4n) is 2.32. The summed E-state index contributed by atoms with van der Waals surface area (Å²) in [5.41, 5.74) is 3.58. The van der Waals surface area contributed by atoms with Gasteiger partial charge in [0.1, 0.15) is 5.76 Å². The lowest BCUT2D eigenvalue weighted by Crippen LogP contribution is -2.14. The topological polar surface area (TPSA) is 38.3 Å². The van der Waals surface area contributed by atoms with Gasteiger partial charge in [-0.3, -0.25) is 4.79 Å². The standard InChI is InChI=1S/C21H25NO2/c1-6-24-15(2)16-9-13-19(14-10-16)22-20(23)17-7-11-18(12-8-17)21(3,4)5/h7-14H,2,6H2,1,3-5H3,(H,22,23). The van der Waals surface area contributed by atoms with Gasteiger partial charge in [-0.2, -0.15) is 0 Å². The van der Waals surface area contributed by atoms with E-state index in [-0.39, 0.29) is 11.3 Å². The highest BCUT2D eigenvalue weighted by Gasteiger charge is 2.14. The number of nitrogens with one attached hydrogen (secondary N) is 1. The Hall–Kier alpha value is -2.55. The van der Waals surface area contributed by atoms with Crippen LogP contribution in [0.2, 0.25) is 0 Å². The number of hydrogen-bond acceptors (Lipinski definition) is 2. The molecule has 1 N–H and O–H groups in total. The maximum absolute atomic E-state index is 12.3. The molecular formula is C21H25NO2. The van der Waals surface area contributed by atoms with E-state index < -0.39 is 0 Å². The zero-order valence-electron chi connectivity index (χ0n) is 14.8. The van der Waals surface area contributed by atoms with Gasteiger partial charge in [0.25, 0.3) is 5.91 Å². The van der Waals surface area contributed by atoms with Crippen LogP contribution in [0.25, 0.3) is 5.76 Å². The summed E-state index contributed by atoms with van der Waals surface area (Å²) in [5, 5.41) is 2.91. The molecule has 0 aliphatic heterocycles. The fourth-order valence-corrected chi connectivity index (χ4v) is 2.32. The predicted octanol–water partition coefficient (Wildman–Crippen LogP) is 5.24. The van der Waals surface area contributed by atoms with Gasteiger partial charge in [0.05, 0.1) is 6.61 Å². The zero-order valence-corrected chi connectivity index (χ0v) is 14.8.